The van der Waals surface area contributed by atoms with Crippen LogP contribution in [0.25, 0.3) is 16.2 Å². The zero-order valence-corrected chi connectivity index (χ0v) is 21.0. The molecule has 0 saturated carbocycles. The SMILES string of the molecule is O=C1OC(c2sc3cc(Cl)ccc3c2Cl)=N/C1=C/c1ccccc1OC(=O)c1ccc(Br)cc1. The molecule has 9 heteroatoms. The van der Waals surface area contributed by atoms with Crippen LogP contribution in [-0.4, -0.2) is 17.8 Å². The molecule has 0 spiro atoms. The molecule has 0 unspecified atom stereocenters. The lowest BCUT2D eigenvalue weighted by Crippen LogP contribution is -2.09. The van der Waals surface area contributed by atoms with Crippen LogP contribution in [0.1, 0.15) is 20.8 Å². The summed E-state index contributed by atoms with van der Waals surface area (Å²) < 4.78 is 12.7. The summed E-state index contributed by atoms with van der Waals surface area (Å²) in [6.45, 7) is 0. The zero-order chi connectivity index (χ0) is 23.8. The number of fused-ring (bicyclic) bond motifs is 1. The molecule has 0 radical (unpaired) electrons. The van der Waals surface area contributed by atoms with Gasteiger partial charge in [-0.1, -0.05) is 63.4 Å². The van der Waals surface area contributed by atoms with E-state index < -0.39 is 11.9 Å². The van der Waals surface area contributed by atoms with Gasteiger partial charge in [-0.05, 0) is 48.5 Å². The van der Waals surface area contributed by atoms with Crippen molar-refractivity contribution < 1.29 is 19.1 Å². The Bertz CT molecular complexity index is 1530. The molecule has 0 saturated heterocycles. The maximum atomic E-state index is 12.6. The minimum absolute atomic E-state index is 0.0636. The summed E-state index contributed by atoms with van der Waals surface area (Å²) in [6, 6.07) is 19.0. The number of esters is 2. The third kappa shape index (κ3) is 4.52. The van der Waals surface area contributed by atoms with E-state index in [1.54, 1.807) is 60.7 Å². The molecule has 0 aliphatic carbocycles. The van der Waals surface area contributed by atoms with E-state index in [9.17, 15) is 9.59 Å². The molecule has 0 fully saturated rings. The summed E-state index contributed by atoms with van der Waals surface area (Å²) in [6.07, 6.45) is 1.51. The van der Waals surface area contributed by atoms with Gasteiger partial charge in [0.15, 0.2) is 5.70 Å². The van der Waals surface area contributed by atoms with Gasteiger partial charge in [0.05, 0.1) is 10.6 Å². The van der Waals surface area contributed by atoms with Crippen LogP contribution >= 0.6 is 50.5 Å². The summed E-state index contributed by atoms with van der Waals surface area (Å²) in [5.74, 6) is -0.750. The molecule has 1 aliphatic heterocycles. The summed E-state index contributed by atoms with van der Waals surface area (Å²) >= 11 is 17.3. The third-order valence-electron chi connectivity index (χ3n) is 4.90. The van der Waals surface area contributed by atoms with Crippen LogP contribution in [0.5, 0.6) is 5.75 Å². The first-order valence-corrected chi connectivity index (χ1v) is 12.2. The fraction of sp³-hybridized carbons (Fsp3) is 0. The van der Waals surface area contributed by atoms with Crippen molar-refractivity contribution in [3.63, 3.8) is 0 Å². The summed E-state index contributed by atoms with van der Waals surface area (Å²) in [7, 11) is 0. The Balaban J connectivity index is 1.46. The third-order valence-corrected chi connectivity index (χ3v) is 7.31. The van der Waals surface area contributed by atoms with Crippen LogP contribution in [0.2, 0.25) is 10.0 Å². The molecule has 5 rings (SSSR count). The van der Waals surface area contributed by atoms with Gasteiger partial charge in [0, 0.05) is 25.1 Å². The number of rotatable bonds is 4. The molecule has 5 nitrogen and oxygen atoms in total. The second-order valence-electron chi connectivity index (χ2n) is 7.16. The molecule has 34 heavy (non-hydrogen) atoms. The molecule has 4 aromatic rings. The molecule has 1 aliphatic rings. The van der Waals surface area contributed by atoms with Crippen molar-refractivity contribution in [2.75, 3.05) is 0 Å². The van der Waals surface area contributed by atoms with Crippen LogP contribution < -0.4 is 4.74 Å². The number of nitrogens with zero attached hydrogens (tertiary/aromatic N) is 1. The largest absolute Gasteiger partial charge is 0.422 e. The number of cyclic esters (lactones) is 1. The van der Waals surface area contributed by atoms with E-state index >= 15 is 0 Å². The van der Waals surface area contributed by atoms with Crippen molar-refractivity contribution >= 4 is 84.5 Å². The highest BCUT2D eigenvalue weighted by Gasteiger charge is 2.28. The van der Waals surface area contributed by atoms with Crippen molar-refractivity contribution in [3.05, 3.63) is 103 Å². The van der Waals surface area contributed by atoms with Crippen LogP contribution in [0.15, 0.2) is 81.9 Å². The summed E-state index contributed by atoms with van der Waals surface area (Å²) in [5.41, 5.74) is 0.957. The van der Waals surface area contributed by atoms with Crippen LogP contribution in [0.3, 0.4) is 0 Å². The highest BCUT2D eigenvalue weighted by Crippen LogP contribution is 2.38. The second kappa shape index (κ2) is 9.35. The molecular formula is C25H12BrCl2NO4S. The molecule has 0 N–H and O–H groups in total. The van der Waals surface area contributed by atoms with Crippen molar-refractivity contribution in [3.8, 4) is 5.75 Å². The molecule has 0 bridgehead atoms. The quantitative estimate of drug-likeness (QED) is 0.144. The Morgan fingerprint density at radius 1 is 1.06 bits per heavy atom. The predicted octanol–water partition coefficient (Wildman–Crippen LogP) is 7.53. The van der Waals surface area contributed by atoms with Gasteiger partial charge in [-0.25, -0.2) is 14.6 Å². The number of halogens is 3. The minimum atomic E-state index is -0.629. The minimum Gasteiger partial charge on any atom is -0.422 e. The first-order chi connectivity index (χ1) is 16.4. The van der Waals surface area contributed by atoms with Crippen molar-refractivity contribution in [1.29, 1.82) is 0 Å². The van der Waals surface area contributed by atoms with Gasteiger partial charge in [-0.2, -0.15) is 0 Å². The van der Waals surface area contributed by atoms with Crippen molar-refractivity contribution in [1.82, 2.24) is 0 Å². The summed E-state index contributed by atoms with van der Waals surface area (Å²) in [5, 5.41) is 1.82. The van der Waals surface area contributed by atoms with Crippen molar-refractivity contribution in [2.24, 2.45) is 4.99 Å². The highest BCUT2D eigenvalue weighted by molar-refractivity contribution is 9.10. The molecule has 168 valence electrons. The van der Waals surface area contributed by atoms with E-state index in [0.717, 1.165) is 14.6 Å². The van der Waals surface area contributed by atoms with E-state index in [0.29, 0.717) is 26.0 Å². The maximum Gasteiger partial charge on any atom is 0.363 e. The number of carbonyl (C=O) groups excluding carboxylic acids is 2. The smallest absolute Gasteiger partial charge is 0.363 e. The Hall–Kier alpha value is -2.97. The number of hydrogen-bond acceptors (Lipinski definition) is 6. The molecule has 3 aromatic carbocycles. The molecule has 0 atom stereocenters. The van der Waals surface area contributed by atoms with Gasteiger partial charge < -0.3 is 9.47 Å². The fourth-order valence-corrected chi connectivity index (χ4v) is 5.25. The average molecular weight is 573 g/mol. The van der Waals surface area contributed by atoms with Gasteiger partial charge in [0.25, 0.3) is 0 Å². The Morgan fingerprint density at radius 2 is 1.82 bits per heavy atom. The maximum absolute atomic E-state index is 12.6. The monoisotopic (exact) mass is 571 g/mol. The number of benzene rings is 3. The lowest BCUT2D eigenvalue weighted by molar-refractivity contribution is -0.129. The van der Waals surface area contributed by atoms with E-state index in [4.69, 9.17) is 32.7 Å². The second-order valence-corrected chi connectivity index (χ2v) is 9.94. The number of para-hydroxylation sites is 1. The van der Waals surface area contributed by atoms with E-state index in [-0.39, 0.29) is 17.3 Å². The van der Waals surface area contributed by atoms with E-state index in [2.05, 4.69) is 20.9 Å². The Morgan fingerprint density at radius 3 is 2.62 bits per heavy atom. The number of carbonyl (C=O) groups is 2. The van der Waals surface area contributed by atoms with E-state index in [1.807, 2.05) is 6.07 Å². The zero-order valence-electron chi connectivity index (χ0n) is 17.1. The number of aliphatic imine (C=N–C) groups is 1. The molecule has 0 amide bonds. The standard InChI is InChI=1S/C25H12BrCl2NO4S/c26-15-7-5-13(6-8-15)24(30)32-19-4-2-1-3-14(19)11-18-25(31)33-23(29-18)22-21(28)17-10-9-16(27)12-20(17)34-22/h1-12H/b18-11+. The van der Waals surface area contributed by atoms with Gasteiger partial charge in [-0.15, -0.1) is 11.3 Å². The lowest BCUT2D eigenvalue weighted by atomic mass is 10.1. The normalized spacial score (nSPS) is 14.4. The number of ether oxygens (including phenoxy) is 2. The number of thiophene rings is 1. The molecular weight excluding hydrogens is 561 g/mol. The van der Waals surface area contributed by atoms with Gasteiger partial charge >= 0.3 is 11.9 Å². The van der Waals surface area contributed by atoms with Gasteiger partial charge in [-0.3, -0.25) is 0 Å². The van der Waals surface area contributed by atoms with Crippen LogP contribution in [0.4, 0.5) is 0 Å². The summed E-state index contributed by atoms with van der Waals surface area (Å²) in [4.78, 5) is 30.0. The Kier molecular flexibility index (Phi) is 6.27. The lowest BCUT2D eigenvalue weighted by Gasteiger charge is -2.07. The van der Waals surface area contributed by atoms with Gasteiger partial charge in [0.1, 0.15) is 10.6 Å². The first kappa shape index (κ1) is 22.8. The van der Waals surface area contributed by atoms with E-state index in [1.165, 1.54) is 17.4 Å². The number of hydrogen-bond donors (Lipinski definition) is 0. The van der Waals surface area contributed by atoms with Crippen molar-refractivity contribution in [2.45, 2.75) is 0 Å². The van der Waals surface area contributed by atoms with Gasteiger partial charge in [0.2, 0.25) is 5.90 Å². The Labute approximate surface area is 216 Å². The topological polar surface area (TPSA) is 65.0 Å². The fourth-order valence-electron chi connectivity index (χ4n) is 3.27. The first-order valence-electron chi connectivity index (χ1n) is 9.86. The average Bonchev–Trinajstić information content (AvgIpc) is 3.34. The van der Waals surface area contributed by atoms with Crippen LogP contribution in [-0.2, 0) is 9.53 Å². The van der Waals surface area contributed by atoms with Crippen LogP contribution in [0, 0.1) is 0 Å². The molecule has 1 aromatic heterocycles. The molecule has 2 heterocycles. The highest BCUT2D eigenvalue weighted by atomic mass is 79.9. The predicted molar refractivity (Wildman–Crippen MR) is 138 cm³/mol.